The monoisotopic (exact) mass is 301 g/mol. The molecule has 0 heterocycles. The molecule has 0 atom stereocenters. The fraction of sp³-hybridized carbons (Fsp3) is 0.625. The van der Waals surface area contributed by atoms with E-state index in [1.807, 2.05) is 12.1 Å². The highest BCUT2D eigenvalue weighted by molar-refractivity contribution is 6.35. The van der Waals surface area contributed by atoms with Crippen LogP contribution in [0.15, 0.2) is 18.2 Å². The Morgan fingerprint density at radius 3 is 2.26 bits per heavy atom. The standard InChI is InChI=1S/C16H25Cl2N/c1-5-16(6-2,11-19-10-12(3)4)14-8-7-13(17)9-15(14)18/h7-9,12,19H,5-6,10-11H2,1-4H3. The summed E-state index contributed by atoms with van der Waals surface area (Å²) in [5.74, 6) is 0.659. The molecule has 0 aliphatic heterocycles. The van der Waals surface area contributed by atoms with Crippen molar-refractivity contribution in [1.29, 1.82) is 0 Å². The Labute approximate surface area is 127 Å². The number of halogens is 2. The first-order chi connectivity index (χ1) is 8.95. The maximum atomic E-state index is 6.40. The fourth-order valence-electron chi connectivity index (χ4n) is 2.50. The minimum atomic E-state index is 0.0938. The van der Waals surface area contributed by atoms with E-state index in [9.17, 15) is 0 Å². The van der Waals surface area contributed by atoms with Crippen LogP contribution in [0, 0.1) is 5.92 Å². The lowest BCUT2D eigenvalue weighted by Gasteiger charge is -2.34. The predicted molar refractivity (Wildman–Crippen MR) is 86.4 cm³/mol. The highest BCUT2D eigenvalue weighted by Crippen LogP contribution is 2.37. The van der Waals surface area contributed by atoms with Gasteiger partial charge in [0.2, 0.25) is 0 Å². The summed E-state index contributed by atoms with van der Waals surface area (Å²) in [6.45, 7) is 10.9. The number of benzene rings is 1. The Morgan fingerprint density at radius 1 is 1.16 bits per heavy atom. The zero-order valence-electron chi connectivity index (χ0n) is 12.4. The van der Waals surface area contributed by atoms with Gasteiger partial charge in [-0.2, -0.15) is 0 Å². The van der Waals surface area contributed by atoms with Gasteiger partial charge in [0, 0.05) is 22.0 Å². The van der Waals surface area contributed by atoms with Gasteiger partial charge in [0.25, 0.3) is 0 Å². The van der Waals surface area contributed by atoms with E-state index in [1.165, 1.54) is 5.56 Å². The van der Waals surface area contributed by atoms with Crippen molar-refractivity contribution < 1.29 is 0 Å². The second-order valence-corrected chi connectivity index (χ2v) is 6.48. The second-order valence-electron chi connectivity index (χ2n) is 5.64. The topological polar surface area (TPSA) is 12.0 Å². The van der Waals surface area contributed by atoms with Crippen LogP contribution in [0.5, 0.6) is 0 Å². The molecule has 0 amide bonds. The highest BCUT2D eigenvalue weighted by atomic mass is 35.5. The van der Waals surface area contributed by atoms with Crippen molar-refractivity contribution in [2.75, 3.05) is 13.1 Å². The van der Waals surface area contributed by atoms with Crippen LogP contribution < -0.4 is 5.32 Å². The predicted octanol–water partition coefficient (Wildman–Crippen LogP) is 5.30. The van der Waals surface area contributed by atoms with Gasteiger partial charge in [-0.05, 0) is 43.0 Å². The molecule has 0 spiro atoms. The van der Waals surface area contributed by atoms with Gasteiger partial charge in [-0.15, -0.1) is 0 Å². The van der Waals surface area contributed by atoms with E-state index in [0.29, 0.717) is 10.9 Å². The van der Waals surface area contributed by atoms with E-state index in [1.54, 1.807) is 0 Å². The van der Waals surface area contributed by atoms with Crippen LogP contribution in [0.4, 0.5) is 0 Å². The maximum Gasteiger partial charge on any atom is 0.0458 e. The minimum absolute atomic E-state index is 0.0938. The quantitative estimate of drug-likeness (QED) is 0.721. The molecule has 1 aromatic rings. The maximum absolute atomic E-state index is 6.40. The van der Waals surface area contributed by atoms with Crippen molar-refractivity contribution in [2.45, 2.75) is 46.0 Å². The Hall–Kier alpha value is -0.240. The minimum Gasteiger partial charge on any atom is -0.316 e. The van der Waals surface area contributed by atoms with Gasteiger partial charge in [0.15, 0.2) is 0 Å². The molecule has 0 aromatic heterocycles. The number of hydrogen-bond acceptors (Lipinski definition) is 1. The van der Waals surface area contributed by atoms with Crippen LogP contribution >= 0.6 is 23.2 Å². The van der Waals surface area contributed by atoms with Crippen LogP contribution in [0.2, 0.25) is 10.0 Å². The summed E-state index contributed by atoms with van der Waals surface area (Å²) in [5, 5.41) is 5.06. The number of nitrogens with one attached hydrogen (secondary N) is 1. The van der Waals surface area contributed by atoms with Crippen molar-refractivity contribution in [3.8, 4) is 0 Å². The van der Waals surface area contributed by atoms with E-state index in [0.717, 1.165) is 31.0 Å². The summed E-state index contributed by atoms with van der Waals surface area (Å²) in [7, 11) is 0. The van der Waals surface area contributed by atoms with Gasteiger partial charge in [-0.25, -0.2) is 0 Å². The summed E-state index contributed by atoms with van der Waals surface area (Å²) in [4.78, 5) is 0. The Kier molecular flexibility index (Phi) is 6.65. The number of rotatable bonds is 7. The molecule has 0 radical (unpaired) electrons. The van der Waals surface area contributed by atoms with E-state index < -0.39 is 0 Å². The summed E-state index contributed by atoms with van der Waals surface area (Å²) < 4.78 is 0. The molecular weight excluding hydrogens is 277 g/mol. The third-order valence-corrected chi connectivity index (χ3v) is 4.42. The smallest absolute Gasteiger partial charge is 0.0458 e. The van der Waals surface area contributed by atoms with Crippen LogP contribution in [-0.4, -0.2) is 13.1 Å². The van der Waals surface area contributed by atoms with E-state index in [2.05, 4.69) is 39.1 Å². The normalized spacial score (nSPS) is 12.2. The van der Waals surface area contributed by atoms with Crippen molar-refractivity contribution in [3.63, 3.8) is 0 Å². The Bertz CT molecular complexity index is 398. The molecule has 1 nitrogen and oxygen atoms in total. The SMILES string of the molecule is CCC(CC)(CNCC(C)C)c1ccc(Cl)cc1Cl. The van der Waals surface area contributed by atoms with Gasteiger partial charge in [0.05, 0.1) is 0 Å². The molecule has 0 fully saturated rings. The van der Waals surface area contributed by atoms with Crippen molar-refractivity contribution in [1.82, 2.24) is 5.32 Å². The lowest BCUT2D eigenvalue weighted by molar-refractivity contribution is 0.359. The van der Waals surface area contributed by atoms with Gasteiger partial charge in [0.1, 0.15) is 0 Å². The van der Waals surface area contributed by atoms with Crippen molar-refractivity contribution >= 4 is 23.2 Å². The summed E-state index contributed by atoms with van der Waals surface area (Å²) >= 11 is 12.4. The largest absolute Gasteiger partial charge is 0.316 e. The molecule has 0 aliphatic carbocycles. The van der Waals surface area contributed by atoms with Crippen LogP contribution in [0.25, 0.3) is 0 Å². The molecule has 0 unspecified atom stereocenters. The summed E-state index contributed by atoms with van der Waals surface area (Å²) in [6.07, 6.45) is 2.13. The molecule has 0 saturated carbocycles. The molecule has 1 N–H and O–H groups in total. The molecule has 0 saturated heterocycles. The molecular formula is C16H25Cl2N. The Morgan fingerprint density at radius 2 is 1.79 bits per heavy atom. The molecule has 1 aromatic carbocycles. The molecule has 0 bridgehead atoms. The molecule has 108 valence electrons. The first-order valence-corrected chi connectivity index (χ1v) is 7.87. The van der Waals surface area contributed by atoms with E-state index >= 15 is 0 Å². The van der Waals surface area contributed by atoms with Crippen molar-refractivity contribution in [2.24, 2.45) is 5.92 Å². The highest BCUT2D eigenvalue weighted by Gasteiger charge is 2.30. The first-order valence-electron chi connectivity index (χ1n) is 7.11. The van der Waals surface area contributed by atoms with Crippen LogP contribution in [-0.2, 0) is 5.41 Å². The average molecular weight is 302 g/mol. The zero-order chi connectivity index (χ0) is 14.5. The van der Waals surface area contributed by atoms with Gasteiger partial charge in [-0.3, -0.25) is 0 Å². The van der Waals surface area contributed by atoms with E-state index in [-0.39, 0.29) is 5.41 Å². The molecule has 19 heavy (non-hydrogen) atoms. The lowest BCUT2D eigenvalue weighted by Crippen LogP contribution is -2.39. The number of hydrogen-bond donors (Lipinski definition) is 1. The molecule has 0 aliphatic rings. The zero-order valence-corrected chi connectivity index (χ0v) is 13.9. The average Bonchev–Trinajstić information content (AvgIpc) is 2.35. The summed E-state index contributed by atoms with van der Waals surface area (Å²) in [5.41, 5.74) is 1.30. The van der Waals surface area contributed by atoms with E-state index in [4.69, 9.17) is 23.2 Å². The fourth-order valence-corrected chi connectivity index (χ4v) is 3.10. The first kappa shape index (κ1) is 16.8. The van der Waals surface area contributed by atoms with Gasteiger partial charge >= 0.3 is 0 Å². The van der Waals surface area contributed by atoms with Crippen LogP contribution in [0.3, 0.4) is 0 Å². The van der Waals surface area contributed by atoms with Gasteiger partial charge in [-0.1, -0.05) is 57.0 Å². The van der Waals surface area contributed by atoms with Crippen LogP contribution in [0.1, 0.15) is 46.1 Å². The third kappa shape index (κ3) is 4.37. The molecule has 3 heteroatoms. The van der Waals surface area contributed by atoms with Crippen molar-refractivity contribution in [3.05, 3.63) is 33.8 Å². The third-order valence-electron chi connectivity index (χ3n) is 3.87. The van der Waals surface area contributed by atoms with Gasteiger partial charge < -0.3 is 5.32 Å². The lowest BCUT2D eigenvalue weighted by atomic mass is 9.75. The Balaban J connectivity index is 2.97. The second kappa shape index (κ2) is 7.52. The summed E-state index contributed by atoms with van der Waals surface area (Å²) in [6, 6.07) is 5.86. The molecule has 1 rings (SSSR count).